The van der Waals surface area contributed by atoms with Crippen molar-refractivity contribution in [1.29, 1.82) is 0 Å². The highest BCUT2D eigenvalue weighted by atomic mass is 16.7. The van der Waals surface area contributed by atoms with E-state index in [9.17, 15) is 9.59 Å². The zero-order chi connectivity index (χ0) is 13.8. The Hall–Kier alpha value is -2.77. The molecular formula is C11H11N3O5. The average Bonchev–Trinajstić information content (AvgIpc) is 2.80. The monoisotopic (exact) mass is 265 g/mol. The fraction of sp³-hybridized carbons (Fsp3) is 0.182. The molecule has 2 rings (SSSR count). The average molecular weight is 265 g/mol. The number of hydrazone groups is 1. The lowest BCUT2D eigenvalue weighted by Gasteiger charge is -2.10. The summed E-state index contributed by atoms with van der Waals surface area (Å²) in [6.07, 6.45) is 1.32. The Morgan fingerprint density at radius 2 is 2.16 bits per heavy atom. The summed E-state index contributed by atoms with van der Waals surface area (Å²) in [5, 5.41) is 13.0. The van der Waals surface area contributed by atoms with Crippen molar-refractivity contribution in [3.8, 4) is 11.5 Å². The number of carboxylic acids is 1. The maximum Gasteiger partial charge on any atom is 0.335 e. The molecule has 19 heavy (non-hydrogen) atoms. The van der Waals surface area contributed by atoms with Gasteiger partial charge in [0.2, 0.25) is 6.79 Å². The van der Waals surface area contributed by atoms with E-state index in [0.717, 1.165) is 0 Å². The van der Waals surface area contributed by atoms with E-state index in [-0.39, 0.29) is 6.79 Å². The summed E-state index contributed by atoms with van der Waals surface area (Å²) in [4.78, 5) is 21.5. The van der Waals surface area contributed by atoms with E-state index in [4.69, 9.17) is 20.3 Å². The smallest absolute Gasteiger partial charge is 0.335 e. The van der Waals surface area contributed by atoms with E-state index in [1.54, 1.807) is 18.2 Å². The molecule has 0 fully saturated rings. The van der Waals surface area contributed by atoms with E-state index in [0.29, 0.717) is 22.1 Å². The Morgan fingerprint density at radius 3 is 2.84 bits per heavy atom. The molecule has 0 saturated heterocycles. The molecule has 0 aliphatic carbocycles. The van der Waals surface area contributed by atoms with Gasteiger partial charge in [-0.05, 0) is 23.8 Å². The van der Waals surface area contributed by atoms with Gasteiger partial charge in [-0.3, -0.25) is 4.79 Å². The van der Waals surface area contributed by atoms with Crippen LogP contribution in [0.4, 0.5) is 4.79 Å². The van der Waals surface area contributed by atoms with Crippen molar-refractivity contribution in [2.24, 2.45) is 10.8 Å². The molecule has 100 valence electrons. The van der Waals surface area contributed by atoms with Crippen molar-refractivity contribution < 1.29 is 24.2 Å². The van der Waals surface area contributed by atoms with E-state index in [1.807, 2.05) is 0 Å². The number of nitrogens with two attached hydrogens (primary N) is 1. The van der Waals surface area contributed by atoms with E-state index in [2.05, 4.69) is 5.10 Å². The van der Waals surface area contributed by atoms with Crippen LogP contribution in [0.15, 0.2) is 23.3 Å². The van der Waals surface area contributed by atoms with Gasteiger partial charge >= 0.3 is 12.0 Å². The molecule has 1 heterocycles. The number of aliphatic carboxylic acids is 1. The third-order valence-corrected chi connectivity index (χ3v) is 2.28. The topological polar surface area (TPSA) is 114 Å². The highest BCUT2D eigenvalue weighted by Crippen LogP contribution is 2.31. The lowest BCUT2D eigenvalue weighted by atomic mass is 10.2. The molecule has 0 atom stereocenters. The molecule has 0 aromatic heterocycles. The van der Waals surface area contributed by atoms with Gasteiger partial charge in [-0.25, -0.2) is 9.80 Å². The van der Waals surface area contributed by atoms with Gasteiger partial charge in [0.15, 0.2) is 11.5 Å². The fourth-order valence-electron chi connectivity index (χ4n) is 1.43. The number of nitrogens with zero attached hydrogens (tertiary/aromatic N) is 2. The first kappa shape index (κ1) is 12.7. The number of hydrogen-bond donors (Lipinski definition) is 2. The second-order valence-electron chi connectivity index (χ2n) is 3.65. The Morgan fingerprint density at radius 1 is 1.42 bits per heavy atom. The predicted molar refractivity (Wildman–Crippen MR) is 64.1 cm³/mol. The molecule has 8 heteroatoms. The van der Waals surface area contributed by atoms with Crippen molar-refractivity contribution in [3.63, 3.8) is 0 Å². The van der Waals surface area contributed by atoms with Crippen LogP contribution < -0.4 is 15.2 Å². The maximum absolute atomic E-state index is 11.0. The summed E-state index contributed by atoms with van der Waals surface area (Å²) in [5.74, 6) is -0.0242. The number of hydrogen-bond acceptors (Lipinski definition) is 5. The number of amides is 2. The number of carbonyl (C=O) groups is 2. The number of primary amides is 1. The lowest BCUT2D eigenvalue weighted by molar-refractivity contribution is -0.137. The van der Waals surface area contributed by atoms with Crippen LogP contribution in [0.5, 0.6) is 11.5 Å². The molecule has 2 amide bonds. The van der Waals surface area contributed by atoms with Crippen LogP contribution in [0.2, 0.25) is 0 Å². The van der Waals surface area contributed by atoms with E-state index in [1.165, 1.54) is 6.21 Å². The first-order valence-corrected chi connectivity index (χ1v) is 5.28. The van der Waals surface area contributed by atoms with Gasteiger partial charge in [-0.15, -0.1) is 0 Å². The van der Waals surface area contributed by atoms with Crippen LogP contribution in [0, 0.1) is 0 Å². The third kappa shape index (κ3) is 3.12. The quantitative estimate of drug-likeness (QED) is 0.596. The largest absolute Gasteiger partial charge is 0.480 e. The fourth-order valence-corrected chi connectivity index (χ4v) is 1.43. The summed E-state index contributed by atoms with van der Waals surface area (Å²) in [6.45, 7) is -0.446. The van der Waals surface area contributed by atoms with Crippen LogP contribution in [-0.4, -0.2) is 41.7 Å². The van der Waals surface area contributed by atoms with Crippen LogP contribution in [0.3, 0.4) is 0 Å². The molecule has 0 saturated carbocycles. The highest BCUT2D eigenvalue weighted by molar-refractivity contribution is 5.84. The van der Waals surface area contributed by atoms with Gasteiger partial charge in [0, 0.05) is 0 Å². The lowest BCUT2D eigenvalue weighted by Crippen LogP contribution is -2.35. The van der Waals surface area contributed by atoms with Crippen molar-refractivity contribution in [1.82, 2.24) is 5.01 Å². The molecule has 0 bridgehead atoms. The molecule has 8 nitrogen and oxygen atoms in total. The molecule has 1 aromatic carbocycles. The zero-order valence-corrected chi connectivity index (χ0v) is 9.78. The minimum absolute atomic E-state index is 0.155. The van der Waals surface area contributed by atoms with Gasteiger partial charge < -0.3 is 20.3 Å². The number of carbonyl (C=O) groups excluding carboxylic acids is 1. The zero-order valence-electron chi connectivity index (χ0n) is 9.78. The minimum atomic E-state index is -1.21. The van der Waals surface area contributed by atoms with Gasteiger partial charge in [0.25, 0.3) is 0 Å². The summed E-state index contributed by atoms with van der Waals surface area (Å²) >= 11 is 0. The molecular weight excluding hydrogens is 254 g/mol. The first-order valence-electron chi connectivity index (χ1n) is 5.28. The molecule has 1 aliphatic rings. The van der Waals surface area contributed by atoms with Gasteiger partial charge in [-0.2, -0.15) is 5.10 Å². The van der Waals surface area contributed by atoms with Crippen molar-refractivity contribution in [2.45, 2.75) is 0 Å². The summed E-state index contributed by atoms with van der Waals surface area (Å²) in [6, 6.07) is 4.09. The highest BCUT2D eigenvalue weighted by Gasteiger charge is 2.14. The van der Waals surface area contributed by atoms with Crippen LogP contribution in [0.25, 0.3) is 0 Å². The predicted octanol–water partition coefficient (Wildman–Crippen LogP) is 0.214. The maximum atomic E-state index is 11.0. The minimum Gasteiger partial charge on any atom is -0.480 e. The van der Waals surface area contributed by atoms with Crippen molar-refractivity contribution in [2.75, 3.05) is 13.3 Å². The Balaban J connectivity index is 2.12. The van der Waals surface area contributed by atoms with Crippen LogP contribution >= 0.6 is 0 Å². The molecule has 1 aromatic rings. The summed E-state index contributed by atoms with van der Waals surface area (Å²) < 4.78 is 10.3. The number of urea groups is 1. The van der Waals surface area contributed by atoms with E-state index >= 15 is 0 Å². The second kappa shape index (κ2) is 5.25. The first-order chi connectivity index (χ1) is 9.06. The molecule has 0 spiro atoms. The van der Waals surface area contributed by atoms with E-state index < -0.39 is 18.5 Å². The number of rotatable bonds is 4. The Kier molecular flexibility index (Phi) is 3.51. The van der Waals surface area contributed by atoms with Crippen molar-refractivity contribution >= 4 is 18.2 Å². The summed E-state index contributed by atoms with van der Waals surface area (Å²) in [5.41, 5.74) is 5.63. The van der Waals surface area contributed by atoms with Gasteiger partial charge in [0.05, 0.1) is 6.21 Å². The second-order valence-corrected chi connectivity index (χ2v) is 3.65. The number of fused-ring (bicyclic) bond motifs is 1. The van der Waals surface area contributed by atoms with Crippen LogP contribution in [-0.2, 0) is 4.79 Å². The number of benzene rings is 1. The normalized spacial score (nSPS) is 12.6. The van der Waals surface area contributed by atoms with Crippen molar-refractivity contribution in [3.05, 3.63) is 23.8 Å². The molecule has 3 N–H and O–H groups in total. The molecule has 1 aliphatic heterocycles. The summed E-state index contributed by atoms with van der Waals surface area (Å²) in [7, 11) is 0. The Labute approximate surface area is 108 Å². The van der Waals surface area contributed by atoms with Crippen LogP contribution in [0.1, 0.15) is 5.56 Å². The number of ether oxygens (including phenoxy) is 2. The molecule has 0 unspecified atom stereocenters. The standard InChI is InChI=1S/C11H11N3O5/c12-11(17)14(5-10(15)16)13-4-7-1-2-8-9(3-7)19-6-18-8/h1-4H,5-6H2,(H2,12,17)(H,15,16)/b13-4-. The van der Waals surface area contributed by atoms with Gasteiger partial charge in [-0.1, -0.05) is 0 Å². The van der Waals surface area contributed by atoms with Gasteiger partial charge in [0.1, 0.15) is 6.54 Å². The Bertz CT molecular complexity index is 543. The SMILES string of the molecule is NC(=O)N(CC(=O)O)/N=C\c1ccc2c(c1)OCO2. The molecule has 0 radical (unpaired) electrons. The number of carboxylic acid groups (broad SMARTS) is 1. The third-order valence-electron chi connectivity index (χ3n) is 2.28.